The standard InChI is InChI=1S/C18H36O2/c1-5-7-13-17(11-6-2)15-20-18(19)14-10-8-9-12-16(3)4/h16-17H,5-15H2,1-4H3. The molecule has 1 atom stereocenters. The van der Waals surface area contributed by atoms with Crippen LogP contribution in [0, 0.1) is 11.8 Å². The lowest BCUT2D eigenvalue weighted by Gasteiger charge is -2.15. The van der Waals surface area contributed by atoms with Crippen LogP contribution in [-0.4, -0.2) is 12.6 Å². The molecule has 0 aliphatic rings. The Hall–Kier alpha value is -0.530. The normalized spacial score (nSPS) is 12.7. The van der Waals surface area contributed by atoms with E-state index in [2.05, 4.69) is 27.7 Å². The van der Waals surface area contributed by atoms with Gasteiger partial charge in [0, 0.05) is 6.42 Å². The van der Waals surface area contributed by atoms with Crippen LogP contribution in [0.2, 0.25) is 0 Å². The fourth-order valence-corrected chi connectivity index (χ4v) is 2.49. The molecule has 0 saturated heterocycles. The number of carbonyl (C=O) groups excluding carboxylic acids is 1. The van der Waals surface area contributed by atoms with Crippen molar-refractivity contribution in [2.24, 2.45) is 11.8 Å². The van der Waals surface area contributed by atoms with Gasteiger partial charge in [0.2, 0.25) is 0 Å². The fourth-order valence-electron chi connectivity index (χ4n) is 2.49. The highest BCUT2D eigenvalue weighted by molar-refractivity contribution is 5.69. The molecule has 0 rings (SSSR count). The van der Waals surface area contributed by atoms with Gasteiger partial charge < -0.3 is 4.74 Å². The lowest BCUT2D eigenvalue weighted by Crippen LogP contribution is -2.14. The molecule has 0 aliphatic heterocycles. The zero-order chi connectivity index (χ0) is 15.2. The van der Waals surface area contributed by atoms with E-state index in [1.807, 2.05) is 0 Å². The van der Waals surface area contributed by atoms with Crippen LogP contribution in [0.5, 0.6) is 0 Å². The predicted octanol–water partition coefficient (Wildman–Crippen LogP) is 5.74. The first-order chi connectivity index (χ1) is 9.60. The largest absolute Gasteiger partial charge is 0.465 e. The maximum absolute atomic E-state index is 11.7. The first kappa shape index (κ1) is 19.5. The third-order valence-corrected chi connectivity index (χ3v) is 3.81. The van der Waals surface area contributed by atoms with Crippen LogP contribution in [-0.2, 0) is 9.53 Å². The summed E-state index contributed by atoms with van der Waals surface area (Å²) in [6.45, 7) is 9.55. The molecule has 0 saturated carbocycles. The van der Waals surface area contributed by atoms with Crippen LogP contribution in [0.1, 0.15) is 91.9 Å². The Morgan fingerprint density at radius 3 is 2.25 bits per heavy atom. The first-order valence-electron chi connectivity index (χ1n) is 8.75. The molecule has 2 nitrogen and oxygen atoms in total. The maximum atomic E-state index is 11.7. The van der Waals surface area contributed by atoms with Crippen molar-refractivity contribution in [2.75, 3.05) is 6.61 Å². The quantitative estimate of drug-likeness (QED) is 0.318. The number of carbonyl (C=O) groups is 1. The van der Waals surface area contributed by atoms with Gasteiger partial charge in [-0.3, -0.25) is 4.79 Å². The topological polar surface area (TPSA) is 26.3 Å². The van der Waals surface area contributed by atoms with Gasteiger partial charge in [-0.15, -0.1) is 0 Å². The van der Waals surface area contributed by atoms with Gasteiger partial charge in [-0.1, -0.05) is 66.2 Å². The van der Waals surface area contributed by atoms with Crippen molar-refractivity contribution in [3.63, 3.8) is 0 Å². The molecule has 0 N–H and O–H groups in total. The minimum Gasteiger partial charge on any atom is -0.465 e. The monoisotopic (exact) mass is 284 g/mol. The second-order valence-corrected chi connectivity index (χ2v) is 6.47. The Morgan fingerprint density at radius 1 is 0.900 bits per heavy atom. The molecule has 120 valence electrons. The Labute approximate surface area is 126 Å². The summed E-state index contributed by atoms with van der Waals surface area (Å²) < 4.78 is 5.44. The second-order valence-electron chi connectivity index (χ2n) is 6.47. The molecule has 0 aromatic rings. The second kappa shape index (κ2) is 13.5. The summed E-state index contributed by atoms with van der Waals surface area (Å²) in [6.07, 6.45) is 11.3. The van der Waals surface area contributed by atoms with Crippen molar-refractivity contribution in [3.8, 4) is 0 Å². The smallest absolute Gasteiger partial charge is 0.305 e. The van der Waals surface area contributed by atoms with Gasteiger partial charge in [0.1, 0.15) is 0 Å². The number of hydrogen-bond donors (Lipinski definition) is 0. The van der Waals surface area contributed by atoms with E-state index in [0.29, 0.717) is 18.9 Å². The molecule has 0 aromatic carbocycles. The van der Waals surface area contributed by atoms with E-state index >= 15 is 0 Å². The molecular formula is C18H36O2. The van der Waals surface area contributed by atoms with E-state index in [9.17, 15) is 4.79 Å². The lowest BCUT2D eigenvalue weighted by atomic mass is 9.98. The van der Waals surface area contributed by atoms with E-state index in [-0.39, 0.29) is 5.97 Å². The highest BCUT2D eigenvalue weighted by Gasteiger charge is 2.11. The molecule has 0 amide bonds. The molecule has 0 radical (unpaired) electrons. The van der Waals surface area contributed by atoms with Crippen LogP contribution in [0.15, 0.2) is 0 Å². The number of rotatable bonds is 13. The average molecular weight is 284 g/mol. The van der Waals surface area contributed by atoms with Crippen molar-refractivity contribution in [1.82, 2.24) is 0 Å². The van der Waals surface area contributed by atoms with Gasteiger partial charge >= 0.3 is 5.97 Å². The highest BCUT2D eigenvalue weighted by Crippen LogP contribution is 2.16. The van der Waals surface area contributed by atoms with E-state index in [0.717, 1.165) is 18.8 Å². The summed E-state index contributed by atoms with van der Waals surface area (Å²) in [4.78, 5) is 11.7. The van der Waals surface area contributed by atoms with Crippen LogP contribution in [0.4, 0.5) is 0 Å². The van der Waals surface area contributed by atoms with Crippen LogP contribution in [0.3, 0.4) is 0 Å². The Morgan fingerprint density at radius 2 is 1.65 bits per heavy atom. The first-order valence-corrected chi connectivity index (χ1v) is 8.75. The van der Waals surface area contributed by atoms with Gasteiger partial charge in [0.15, 0.2) is 0 Å². The van der Waals surface area contributed by atoms with Gasteiger partial charge in [0.05, 0.1) is 6.61 Å². The Bertz CT molecular complexity index is 223. The minimum absolute atomic E-state index is 0.00662. The van der Waals surface area contributed by atoms with Gasteiger partial charge in [-0.05, 0) is 31.1 Å². The van der Waals surface area contributed by atoms with E-state index in [1.54, 1.807) is 0 Å². The average Bonchev–Trinajstić information content (AvgIpc) is 2.41. The zero-order valence-electron chi connectivity index (χ0n) is 14.2. The summed E-state index contributed by atoms with van der Waals surface area (Å²) in [5, 5.41) is 0. The van der Waals surface area contributed by atoms with Crippen LogP contribution < -0.4 is 0 Å². The van der Waals surface area contributed by atoms with Crippen LogP contribution in [0.25, 0.3) is 0 Å². The van der Waals surface area contributed by atoms with Crippen molar-refractivity contribution >= 4 is 5.97 Å². The Kier molecular flexibility index (Phi) is 13.1. The summed E-state index contributed by atoms with van der Waals surface area (Å²) in [6, 6.07) is 0. The maximum Gasteiger partial charge on any atom is 0.305 e. The third kappa shape index (κ3) is 12.5. The fraction of sp³-hybridized carbons (Fsp3) is 0.944. The summed E-state index contributed by atoms with van der Waals surface area (Å²) in [5.74, 6) is 1.35. The summed E-state index contributed by atoms with van der Waals surface area (Å²) >= 11 is 0. The number of esters is 1. The van der Waals surface area contributed by atoms with Crippen molar-refractivity contribution in [2.45, 2.75) is 91.9 Å². The van der Waals surface area contributed by atoms with E-state index in [1.165, 1.54) is 44.9 Å². The van der Waals surface area contributed by atoms with Gasteiger partial charge in [-0.25, -0.2) is 0 Å². The molecule has 0 heterocycles. The van der Waals surface area contributed by atoms with Crippen molar-refractivity contribution in [3.05, 3.63) is 0 Å². The third-order valence-electron chi connectivity index (χ3n) is 3.81. The molecule has 0 bridgehead atoms. The molecule has 20 heavy (non-hydrogen) atoms. The number of ether oxygens (including phenoxy) is 1. The molecule has 2 heteroatoms. The van der Waals surface area contributed by atoms with Crippen molar-refractivity contribution in [1.29, 1.82) is 0 Å². The Balaban J connectivity index is 3.62. The van der Waals surface area contributed by atoms with E-state index in [4.69, 9.17) is 4.74 Å². The van der Waals surface area contributed by atoms with Gasteiger partial charge in [0.25, 0.3) is 0 Å². The molecule has 0 spiro atoms. The summed E-state index contributed by atoms with van der Waals surface area (Å²) in [7, 11) is 0. The lowest BCUT2D eigenvalue weighted by molar-refractivity contribution is -0.145. The molecular weight excluding hydrogens is 248 g/mol. The number of unbranched alkanes of at least 4 members (excludes halogenated alkanes) is 3. The van der Waals surface area contributed by atoms with Crippen molar-refractivity contribution < 1.29 is 9.53 Å². The number of hydrogen-bond acceptors (Lipinski definition) is 2. The molecule has 0 fully saturated rings. The van der Waals surface area contributed by atoms with Crippen LogP contribution >= 0.6 is 0 Å². The van der Waals surface area contributed by atoms with E-state index < -0.39 is 0 Å². The molecule has 0 aliphatic carbocycles. The zero-order valence-corrected chi connectivity index (χ0v) is 14.2. The van der Waals surface area contributed by atoms with Gasteiger partial charge in [-0.2, -0.15) is 0 Å². The molecule has 1 unspecified atom stereocenters. The SMILES string of the molecule is CCCCC(CCC)COC(=O)CCCCCC(C)C. The highest BCUT2D eigenvalue weighted by atomic mass is 16.5. The summed E-state index contributed by atoms with van der Waals surface area (Å²) in [5.41, 5.74) is 0. The molecule has 0 aromatic heterocycles. The predicted molar refractivity (Wildman–Crippen MR) is 86.8 cm³/mol. The minimum atomic E-state index is 0.00662.